The number of carboxylic acids is 1. The third kappa shape index (κ3) is 7.39. The molecule has 4 aromatic carbocycles. The first kappa shape index (κ1) is 29.0. The fourth-order valence-electron chi connectivity index (χ4n) is 4.87. The average molecular weight is 581 g/mol. The Hall–Kier alpha value is -4.55. The fourth-order valence-corrected chi connectivity index (χ4v) is 5.09. The van der Waals surface area contributed by atoms with E-state index in [9.17, 15) is 9.90 Å². The minimum atomic E-state index is -0.835. The van der Waals surface area contributed by atoms with Gasteiger partial charge >= 0.3 is 5.97 Å². The molecular formula is C35H33ClN2O4. The van der Waals surface area contributed by atoms with Gasteiger partial charge in [-0.25, -0.2) is 0 Å². The highest BCUT2D eigenvalue weighted by atomic mass is 35.5. The van der Waals surface area contributed by atoms with Gasteiger partial charge in [0.15, 0.2) is 0 Å². The zero-order valence-corrected chi connectivity index (χ0v) is 24.3. The third-order valence-corrected chi connectivity index (χ3v) is 7.16. The Morgan fingerprint density at radius 2 is 1.55 bits per heavy atom. The molecule has 0 fully saturated rings. The van der Waals surface area contributed by atoms with Gasteiger partial charge in [-0.2, -0.15) is 5.10 Å². The van der Waals surface area contributed by atoms with Crippen molar-refractivity contribution in [2.75, 3.05) is 6.61 Å². The lowest BCUT2D eigenvalue weighted by Gasteiger charge is -2.13. The summed E-state index contributed by atoms with van der Waals surface area (Å²) in [5.74, 6) is 0.615. The first-order valence-electron chi connectivity index (χ1n) is 14.1. The molecule has 7 heteroatoms. The molecule has 0 saturated carbocycles. The maximum absolute atomic E-state index is 11.3. The van der Waals surface area contributed by atoms with E-state index in [4.69, 9.17) is 26.2 Å². The average Bonchev–Trinajstić information content (AvgIpc) is 3.43. The second-order valence-electron chi connectivity index (χ2n) is 9.95. The molecule has 5 rings (SSSR count). The molecule has 5 aromatic rings. The van der Waals surface area contributed by atoms with Gasteiger partial charge in [0.25, 0.3) is 0 Å². The van der Waals surface area contributed by atoms with Crippen LogP contribution in [0.3, 0.4) is 0 Å². The zero-order chi connectivity index (χ0) is 29.3. The fraction of sp³-hybridized carbons (Fsp3) is 0.200. The lowest BCUT2D eigenvalue weighted by molar-refractivity contribution is -0.136. The number of halogens is 1. The van der Waals surface area contributed by atoms with E-state index in [0.29, 0.717) is 37.0 Å². The molecule has 0 unspecified atom stereocenters. The Kier molecular flexibility index (Phi) is 9.57. The van der Waals surface area contributed by atoms with E-state index in [2.05, 4.69) is 18.2 Å². The van der Waals surface area contributed by atoms with Crippen molar-refractivity contribution in [3.8, 4) is 34.0 Å². The van der Waals surface area contributed by atoms with Crippen LogP contribution in [0.15, 0.2) is 103 Å². The van der Waals surface area contributed by atoms with Crippen molar-refractivity contribution in [2.45, 2.75) is 39.3 Å². The summed E-state index contributed by atoms with van der Waals surface area (Å²) in [7, 11) is 0. The predicted octanol–water partition coefficient (Wildman–Crippen LogP) is 8.11. The highest BCUT2D eigenvalue weighted by Crippen LogP contribution is 2.37. The second kappa shape index (κ2) is 13.9. The van der Waals surface area contributed by atoms with Gasteiger partial charge in [-0.1, -0.05) is 72.3 Å². The van der Waals surface area contributed by atoms with E-state index in [1.807, 2.05) is 96.5 Å². The summed E-state index contributed by atoms with van der Waals surface area (Å²) in [6, 6.07) is 33.7. The quantitative estimate of drug-likeness (QED) is 0.152. The molecule has 1 aromatic heterocycles. The maximum atomic E-state index is 11.3. The molecule has 0 spiro atoms. The first-order chi connectivity index (χ1) is 20.5. The van der Waals surface area contributed by atoms with Gasteiger partial charge in [0, 0.05) is 29.1 Å². The second-order valence-corrected chi connectivity index (χ2v) is 10.4. The van der Waals surface area contributed by atoms with Crippen LogP contribution in [0, 0.1) is 0 Å². The van der Waals surface area contributed by atoms with E-state index in [-0.39, 0.29) is 6.42 Å². The number of carboxylic acid groups (broad SMARTS) is 1. The molecule has 0 bridgehead atoms. The van der Waals surface area contributed by atoms with Crippen molar-refractivity contribution in [1.82, 2.24) is 9.78 Å². The molecule has 42 heavy (non-hydrogen) atoms. The molecule has 1 N–H and O–H groups in total. The van der Waals surface area contributed by atoms with Crippen molar-refractivity contribution >= 4 is 17.6 Å². The summed E-state index contributed by atoms with van der Waals surface area (Å²) in [6.07, 6.45) is 1.26. The van der Waals surface area contributed by atoms with Gasteiger partial charge in [0.1, 0.15) is 18.1 Å². The van der Waals surface area contributed by atoms with E-state index in [0.717, 1.165) is 45.8 Å². The van der Waals surface area contributed by atoms with Gasteiger partial charge in [0.2, 0.25) is 0 Å². The normalized spacial score (nSPS) is 10.9. The number of nitrogens with zero attached hydrogens (tertiary/aromatic N) is 2. The molecule has 0 aliphatic heterocycles. The Balaban J connectivity index is 1.56. The Labute approximate surface area is 251 Å². The molecule has 6 nitrogen and oxygen atoms in total. The van der Waals surface area contributed by atoms with Crippen LogP contribution in [0.5, 0.6) is 11.5 Å². The van der Waals surface area contributed by atoms with Crippen LogP contribution < -0.4 is 9.47 Å². The minimum absolute atomic E-state index is 0.0423. The van der Waals surface area contributed by atoms with Gasteiger partial charge in [0.05, 0.1) is 18.0 Å². The molecule has 0 saturated heterocycles. The smallest absolute Gasteiger partial charge is 0.303 e. The molecule has 0 radical (unpaired) electrons. The van der Waals surface area contributed by atoms with E-state index >= 15 is 0 Å². The lowest BCUT2D eigenvalue weighted by atomic mass is 10.0. The molecule has 0 aliphatic carbocycles. The summed E-state index contributed by atoms with van der Waals surface area (Å²) < 4.78 is 14.3. The van der Waals surface area contributed by atoms with Crippen molar-refractivity contribution in [2.24, 2.45) is 0 Å². The van der Waals surface area contributed by atoms with E-state index in [1.54, 1.807) is 0 Å². The first-order valence-corrected chi connectivity index (χ1v) is 14.4. The minimum Gasteiger partial charge on any atom is -0.493 e. The number of benzene rings is 4. The molecular weight excluding hydrogens is 548 g/mol. The number of carbonyl (C=O) groups is 1. The summed E-state index contributed by atoms with van der Waals surface area (Å²) in [6.45, 7) is 3.52. The van der Waals surface area contributed by atoms with Crippen molar-refractivity contribution in [3.05, 3.63) is 125 Å². The number of para-hydroxylation sites is 1. The number of aromatic nitrogens is 2. The van der Waals surface area contributed by atoms with Gasteiger partial charge < -0.3 is 14.6 Å². The van der Waals surface area contributed by atoms with Crippen LogP contribution in [0.1, 0.15) is 30.0 Å². The Morgan fingerprint density at radius 1 is 0.786 bits per heavy atom. The van der Waals surface area contributed by atoms with Gasteiger partial charge in [-0.15, -0.1) is 0 Å². The van der Waals surface area contributed by atoms with Gasteiger partial charge in [-0.05, 0) is 78.9 Å². The summed E-state index contributed by atoms with van der Waals surface area (Å²) >= 11 is 6.20. The molecule has 0 atom stereocenters. The highest BCUT2D eigenvalue weighted by molar-refractivity contribution is 6.30. The van der Waals surface area contributed by atoms with Crippen LogP contribution >= 0.6 is 11.6 Å². The number of aliphatic carboxylic acids is 1. The number of hydrogen-bond acceptors (Lipinski definition) is 4. The van der Waals surface area contributed by atoms with Crippen molar-refractivity contribution in [3.63, 3.8) is 0 Å². The molecule has 214 valence electrons. The highest BCUT2D eigenvalue weighted by Gasteiger charge is 2.19. The number of hydrogen-bond donors (Lipinski definition) is 1. The summed E-state index contributed by atoms with van der Waals surface area (Å²) in [4.78, 5) is 11.3. The van der Waals surface area contributed by atoms with Crippen LogP contribution in [-0.2, 0) is 30.8 Å². The molecule has 0 amide bonds. The van der Waals surface area contributed by atoms with Crippen LogP contribution in [0.25, 0.3) is 22.5 Å². The van der Waals surface area contributed by atoms with E-state index < -0.39 is 5.97 Å². The summed E-state index contributed by atoms with van der Waals surface area (Å²) in [5, 5.41) is 15.0. The summed E-state index contributed by atoms with van der Waals surface area (Å²) in [5.41, 5.74) is 6.49. The third-order valence-electron chi connectivity index (χ3n) is 6.93. The largest absolute Gasteiger partial charge is 0.493 e. The van der Waals surface area contributed by atoms with Crippen molar-refractivity contribution in [1.29, 1.82) is 0 Å². The maximum Gasteiger partial charge on any atom is 0.303 e. The topological polar surface area (TPSA) is 73.6 Å². The Morgan fingerprint density at radius 3 is 2.33 bits per heavy atom. The van der Waals surface area contributed by atoms with Crippen LogP contribution in [0.2, 0.25) is 5.02 Å². The van der Waals surface area contributed by atoms with E-state index in [1.165, 1.54) is 5.56 Å². The standard InChI is InChI=1S/C35H33ClN2O4/c1-2-41-33-14-7-6-13-29(33)32-23-31(37-38(32)20-19-25-9-4-3-5-10-25)30-22-26(16-18-35(39)40)15-17-34(30)42-24-27-11-8-12-28(36)21-27/h3-15,17,21-23H,2,16,18-20,24H2,1H3,(H,39,40). The predicted molar refractivity (Wildman–Crippen MR) is 166 cm³/mol. The lowest BCUT2D eigenvalue weighted by Crippen LogP contribution is -2.06. The SMILES string of the molecule is CCOc1ccccc1-c1cc(-c2cc(CCC(=O)O)ccc2OCc2cccc(Cl)c2)nn1CCc1ccccc1. The molecule has 0 aliphatic rings. The Bertz CT molecular complexity index is 1650. The molecule has 1 heterocycles. The van der Waals surface area contributed by atoms with Crippen LogP contribution in [0.4, 0.5) is 0 Å². The monoisotopic (exact) mass is 580 g/mol. The van der Waals surface area contributed by atoms with Gasteiger partial charge in [-0.3, -0.25) is 9.48 Å². The number of rotatable bonds is 13. The number of ether oxygens (including phenoxy) is 2. The van der Waals surface area contributed by atoms with Crippen LogP contribution in [-0.4, -0.2) is 27.5 Å². The number of aryl methyl sites for hydroxylation is 3. The van der Waals surface area contributed by atoms with Crippen molar-refractivity contribution < 1.29 is 19.4 Å². The zero-order valence-electron chi connectivity index (χ0n) is 23.5.